The molecule has 0 fully saturated rings. The lowest BCUT2D eigenvalue weighted by Crippen LogP contribution is -2.07. The molecule has 0 spiro atoms. The van der Waals surface area contributed by atoms with Crippen molar-refractivity contribution in [3.05, 3.63) is 35.4 Å². The molecule has 1 heteroatoms. The van der Waals surface area contributed by atoms with E-state index in [9.17, 15) is 0 Å². The second kappa shape index (κ2) is 6.63. The Morgan fingerprint density at radius 3 is 2.22 bits per heavy atom. The first-order valence-corrected chi connectivity index (χ1v) is 6.75. The van der Waals surface area contributed by atoms with Crippen LogP contribution in [0.3, 0.4) is 0 Å². The molecule has 0 bridgehead atoms. The summed E-state index contributed by atoms with van der Waals surface area (Å²) in [6.07, 6.45) is 4.48. The van der Waals surface area contributed by atoms with Crippen LogP contribution in [-0.2, 0) is 0 Å². The van der Waals surface area contributed by atoms with Crippen molar-refractivity contribution in [3.8, 4) is 5.75 Å². The van der Waals surface area contributed by atoms with E-state index < -0.39 is 0 Å². The van der Waals surface area contributed by atoms with Gasteiger partial charge in [-0.25, -0.2) is 0 Å². The summed E-state index contributed by atoms with van der Waals surface area (Å²) in [6.45, 7) is 11.8. The summed E-state index contributed by atoms with van der Waals surface area (Å²) in [5, 5.41) is 0. The highest BCUT2D eigenvalue weighted by molar-refractivity contribution is 5.52. The molecular formula is C17H26O. The Hall–Kier alpha value is -1.24. The minimum absolute atomic E-state index is 0.399. The van der Waals surface area contributed by atoms with Crippen molar-refractivity contribution >= 4 is 6.08 Å². The second-order valence-corrected chi connectivity index (χ2v) is 6.30. The lowest BCUT2D eigenvalue weighted by atomic mass is 9.91. The predicted molar refractivity (Wildman–Crippen MR) is 80.0 cm³/mol. The van der Waals surface area contributed by atoms with E-state index in [1.54, 1.807) is 0 Å². The zero-order valence-corrected chi connectivity index (χ0v) is 12.4. The van der Waals surface area contributed by atoms with Crippen molar-refractivity contribution in [2.45, 2.75) is 47.5 Å². The van der Waals surface area contributed by atoms with Gasteiger partial charge in [0.15, 0.2) is 0 Å². The molecule has 0 heterocycles. The molecule has 0 radical (unpaired) electrons. The molecule has 0 aliphatic heterocycles. The van der Waals surface area contributed by atoms with Gasteiger partial charge in [0.1, 0.15) is 5.75 Å². The highest BCUT2D eigenvalue weighted by atomic mass is 16.5. The maximum atomic E-state index is 5.74. The van der Waals surface area contributed by atoms with Crippen LogP contribution in [0, 0.1) is 5.41 Å². The number of allylic oxidation sites excluding steroid dienone is 1. The molecular weight excluding hydrogens is 220 g/mol. The number of ether oxygens (including phenoxy) is 1. The van der Waals surface area contributed by atoms with Gasteiger partial charge in [0.05, 0.1) is 6.61 Å². The molecule has 0 N–H and O–H groups in total. The molecule has 1 rings (SSSR count). The molecule has 18 heavy (non-hydrogen) atoms. The van der Waals surface area contributed by atoms with Crippen molar-refractivity contribution < 1.29 is 4.74 Å². The van der Waals surface area contributed by atoms with Crippen LogP contribution in [0.1, 0.15) is 53.0 Å². The van der Waals surface area contributed by atoms with Gasteiger partial charge in [-0.05, 0) is 49.8 Å². The maximum Gasteiger partial charge on any atom is 0.119 e. The first-order chi connectivity index (χ1) is 8.37. The molecule has 0 amide bonds. The fraction of sp³-hybridized carbons (Fsp3) is 0.529. The third-order valence-corrected chi connectivity index (χ3v) is 2.68. The second-order valence-electron chi connectivity index (χ2n) is 6.30. The molecule has 0 saturated heterocycles. The lowest BCUT2D eigenvalue weighted by Gasteiger charge is -2.17. The number of hydrogen-bond donors (Lipinski definition) is 0. The largest absolute Gasteiger partial charge is 0.494 e. The summed E-state index contributed by atoms with van der Waals surface area (Å²) in [7, 11) is 0. The van der Waals surface area contributed by atoms with Gasteiger partial charge in [-0.2, -0.15) is 0 Å². The van der Waals surface area contributed by atoms with Gasteiger partial charge in [0.25, 0.3) is 0 Å². The van der Waals surface area contributed by atoms with Crippen LogP contribution in [0.15, 0.2) is 29.8 Å². The predicted octanol–water partition coefficient (Wildman–Crippen LogP) is 5.31. The molecule has 100 valence electrons. The fourth-order valence-corrected chi connectivity index (χ4v) is 1.79. The van der Waals surface area contributed by atoms with Gasteiger partial charge >= 0.3 is 0 Å². The standard InChI is InChI=1S/C17H26O/c1-14(2)13-15-7-9-16(10-8-15)18-12-6-11-17(3,4)5/h7-10,13H,6,11-12H2,1-5H3. The molecule has 0 aromatic heterocycles. The monoisotopic (exact) mass is 246 g/mol. The van der Waals surface area contributed by atoms with Crippen molar-refractivity contribution in [1.82, 2.24) is 0 Å². The number of benzene rings is 1. The van der Waals surface area contributed by atoms with Gasteiger partial charge in [-0.3, -0.25) is 0 Å². The summed E-state index contributed by atoms with van der Waals surface area (Å²) >= 11 is 0. The van der Waals surface area contributed by atoms with Crippen molar-refractivity contribution in [2.75, 3.05) is 6.61 Å². The van der Waals surface area contributed by atoms with Crippen LogP contribution in [0.5, 0.6) is 5.75 Å². The number of hydrogen-bond acceptors (Lipinski definition) is 1. The molecule has 0 aliphatic carbocycles. The summed E-state index contributed by atoms with van der Waals surface area (Å²) < 4.78 is 5.74. The van der Waals surface area contributed by atoms with Crippen molar-refractivity contribution in [1.29, 1.82) is 0 Å². The zero-order valence-electron chi connectivity index (χ0n) is 12.4. The van der Waals surface area contributed by atoms with Crippen LogP contribution in [-0.4, -0.2) is 6.61 Å². The molecule has 0 atom stereocenters. The highest BCUT2D eigenvalue weighted by Crippen LogP contribution is 2.21. The van der Waals surface area contributed by atoms with Crippen LogP contribution in [0.4, 0.5) is 0 Å². The number of rotatable bonds is 5. The Bertz CT molecular complexity index is 375. The summed E-state index contributed by atoms with van der Waals surface area (Å²) in [5.74, 6) is 0.967. The van der Waals surface area contributed by atoms with Gasteiger partial charge in [0, 0.05) is 0 Å². The lowest BCUT2D eigenvalue weighted by molar-refractivity contribution is 0.269. The van der Waals surface area contributed by atoms with Crippen molar-refractivity contribution in [3.63, 3.8) is 0 Å². The Balaban J connectivity index is 2.38. The maximum absolute atomic E-state index is 5.74. The minimum Gasteiger partial charge on any atom is -0.494 e. The fourth-order valence-electron chi connectivity index (χ4n) is 1.79. The average Bonchev–Trinajstić information content (AvgIpc) is 2.24. The third kappa shape index (κ3) is 6.48. The van der Waals surface area contributed by atoms with E-state index in [2.05, 4.69) is 52.8 Å². The van der Waals surface area contributed by atoms with Crippen LogP contribution in [0.2, 0.25) is 0 Å². The van der Waals surface area contributed by atoms with E-state index in [1.165, 1.54) is 17.6 Å². The van der Waals surface area contributed by atoms with Gasteiger partial charge < -0.3 is 4.74 Å². The van der Waals surface area contributed by atoms with E-state index in [0.717, 1.165) is 18.8 Å². The Morgan fingerprint density at radius 1 is 1.11 bits per heavy atom. The highest BCUT2D eigenvalue weighted by Gasteiger charge is 2.09. The molecule has 1 aromatic rings. The minimum atomic E-state index is 0.399. The van der Waals surface area contributed by atoms with Crippen LogP contribution >= 0.6 is 0 Å². The normalized spacial score (nSPS) is 11.2. The summed E-state index contributed by atoms with van der Waals surface area (Å²) in [5.41, 5.74) is 2.95. The quantitative estimate of drug-likeness (QED) is 0.639. The van der Waals surface area contributed by atoms with Crippen molar-refractivity contribution in [2.24, 2.45) is 5.41 Å². The van der Waals surface area contributed by atoms with Gasteiger partial charge in [0.2, 0.25) is 0 Å². The van der Waals surface area contributed by atoms with E-state index in [1.807, 2.05) is 12.1 Å². The average molecular weight is 246 g/mol. The van der Waals surface area contributed by atoms with E-state index >= 15 is 0 Å². The third-order valence-electron chi connectivity index (χ3n) is 2.68. The van der Waals surface area contributed by atoms with E-state index in [-0.39, 0.29) is 0 Å². The zero-order chi connectivity index (χ0) is 13.6. The molecule has 1 nitrogen and oxygen atoms in total. The first-order valence-electron chi connectivity index (χ1n) is 6.75. The van der Waals surface area contributed by atoms with E-state index in [0.29, 0.717) is 5.41 Å². The molecule has 0 unspecified atom stereocenters. The van der Waals surface area contributed by atoms with Gasteiger partial charge in [-0.1, -0.05) is 44.6 Å². The molecule has 0 saturated carbocycles. The Labute approximate surface area is 112 Å². The Morgan fingerprint density at radius 2 is 1.72 bits per heavy atom. The molecule has 0 aliphatic rings. The SMILES string of the molecule is CC(C)=Cc1ccc(OCCCC(C)(C)C)cc1. The van der Waals surface area contributed by atoms with Crippen LogP contribution in [0.25, 0.3) is 6.08 Å². The topological polar surface area (TPSA) is 9.23 Å². The first kappa shape index (κ1) is 14.8. The van der Waals surface area contributed by atoms with E-state index in [4.69, 9.17) is 4.74 Å². The Kier molecular flexibility index (Phi) is 5.46. The van der Waals surface area contributed by atoms with Crippen LogP contribution < -0.4 is 4.74 Å². The van der Waals surface area contributed by atoms with Gasteiger partial charge in [-0.15, -0.1) is 0 Å². The smallest absolute Gasteiger partial charge is 0.119 e. The molecule has 1 aromatic carbocycles. The summed E-state index contributed by atoms with van der Waals surface area (Å²) in [4.78, 5) is 0. The summed E-state index contributed by atoms with van der Waals surface area (Å²) in [6, 6.07) is 8.30.